The number of rotatable bonds is 1. The Morgan fingerprint density at radius 1 is 1.28 bits per heavy atom. The fourth-order valence-electron chi connectivity index (χ4n) is 2.03. The molecule has 0 bridgehead atoms. The van der Waals surface area contributed by atoms with Crippen molar-refractivity contribution in [3.8, 4) is 0 Å². The highest BCUT2D eigenvalue weighted by Gasteiger charge is 2.26. The molecule has 3 heterocycles. The molecule has 18 heavy (non-hydrogen) atoms. The van der Waals surface area contributed by atoms with Crippen LogP contribution in [0.15, 0.2) is 40.8 Å². The third kappa shape index (κ3) is 2.36. The molecule has 1 amide bonds. The summed E-state index contributed by atoms with van der Waals surface area (Å²) >= 11 is 0. The van der Waals surface area contributed by atoms with E-state index in [1.165, 1.54) is 0 Å². The zero-order chi connectivity index (χ0) is 11.7. The SMILES string of the molecule is Cl.O=C1NCCC2=C1CC(Nc1ccncc1)=N2. The maximum Gasteiger partial charge on any atom is 0.249 e. The molecule has 0 aliphatic carbocycles. The quantitative estimate of drug-likeness (QED) is 0.808. The predicted octanol–water partition coefficient (Wildman–Crippen LogP) is 1.49. The van der Waals surface area contributed by atoms with Crippen LogP contribution in [0, 0.1) is 0 Å². The second-order valence-corrected chi connectivity index (χ2v) is 4.03. The van der Waals surface area contributed by atoms with Crippen molar-refractivity contribution in [3.63, 3.8) is 0 Å². The van der Waals surface area contributed by atoms with Crippen LogP contribution in [0.3, 0.4) is 0 Å². The average Bonchev–Trinajstić information content (AvgIpc) is 2.74. The van der Waals surface area contributed by atoms with Gasteiger partial charge in [-0.15, -0.1) is 12.4 Å². The van der Waals surface area contributed by atoms with Crippen LogP contribution >= 0.6 is 12.4 Å². The molecular formula is C12H13ClN4O. The third-order valence-corrected chi connectivity index (χ3v) is 2.85. The number of aliphatic imine (C=N–C) groups is 1. The maximum absolute atomic E-state index is 11.6. The van der Waals surface area contributed by atoms with E-state index in [9.17, 15) is 4.79 Å². The molecule has 94 valence electrons. The lowest BCUT2D eigenvalue weighted by Crippen LogP contribution is -2.30. The van der Waals surface area contributed by atoms with Crippen LogP contribution in [-0.2, 0) is 4.79 Å². The molecule has 6 heteroatoms. The van der Waals surface area contributed by atoms with E-state index in [1.54, 1.807) is 12.4 Å². The third-order valence-electron chi connectivity index (χ3n) is 2.85. The molecule has 0 fully saturated rings. The Kier molecular flexibility index (Phi) is 3.62. The summed E-state index contributed by atoms with van der Waals surface area (Å²) in [5.74, 6) is 0.847. The first-order chi connectivity index (χ1) is 8.33. The molecular weight excluding hydrogens is 252 g/mol. The van der Waals surface area contributed by atoms with Crippen LogP contribution in [0.5, 0.6) is 0 Å². The van der Waals surface area contributed by atoms with Gasteiger partial charge in [0.1, 0.15) is 5.84 Å². The fraction of sp³-hybridized carbons (Fsp3) is 0.250. The molecule has 0 radical (unpaired) electrons. The normalized spacial score (nSPS) is 17.6. The summed E-state index contributed by atoms with van der Waals surface area (Å²) in [5.41, 5.74) is 2.66. The lowest BCUT2D eigenvalue weighted by atomic mass is 10.1. The topological polar surface area (TPSA) is 66.4 Å². The van der Waals surface area contributed by atoms with Crippen molar-refractivity contribution in [3.05, 3.63) is 35.8 Å². The number of pyridine rings is 1. The number of hydrogen-bond acceptors (Lipinski definition) is 4. The van der Waals surface area contributed by atoms with Gasteiger partial charge in [0.15, 0.2) is 0 Å². The van der Waals surface area contributed by atoms with Gasteiger partial charge in [-0.2, -0.15) is 0 Å². The van der Waals surface area contributed by atoms with Gasteiger partial charge in [0.25, 0.3) is 0 Å². The Morgan fingerprint density at radius 2 is 2.06 bits per heavy atom. The fourth-order valence-corrected chi connectivity index (χ4v) is 2.03. The highest BCUT2D eigenvalue weighted by Crippen LogP contribution is 2.25. The van der Waals surface area contributed by atoms with Crippen LogP contribution in [0.4, 0.5) is 5.69 Å². The Bertz CT molecular complexity index is 524. The van der Waals surface area contributed by atoms with Gasteiger partial charge in [0, 0.05) is 43.0 Å². The molecule has 0 saturated heterocycles. The number of carbonyl (C=O) groups excluding carboxylic acids is 1. The zero-order valence-electron chi connectivity index (χ0n) is 9.64. The van der Waals surface area contributed by atoms with Crippen molar-refractivity contribution >= 4 is 29.8 Å². The van der Waals surface area contributed by atoms with Crippen molar-refractivity contribution in [2.75, 3.05) is 11.9 Å². The number of amides is 1. The largest absolute Gasteiger partial charge is 0.352 e. The molecule has 0 spiro atoms. The van der Waals surface area contributed by atoms with Gasteiger partial charge in [-0.3, -0.25) is 9.78 Å². The Balaban J connectivity index is 0.00000120. The van der Waals surface area contributed by atoms with Gasteiger partial charge in [0.05, 0.1) is 5.70 Å². The van der Waals surface area contributed by atoms with Crippen LogP contribution < -0.4 is 10.6 Å². The number of hydrogen-bond donors (Lipinski definition) is 2. The summed E-state index contributed by atoms with van der Waals surface area (Å²) in [4.78, 5) is 20.0. The molecule has 0 unspecified atom stereocenters. The molecule has 2 aliphatic rings. The van der Waals surface area contributed by atoms with Gasteiger partial charge < -0.3 is 10.6 Å². The second kappa shape index (κ2) is 5.18. The maximum atomic E-state index is 11.6. The van der Waals surface area contributed by atoms with Gasteiger partial charge in [-0.1, -0.05) is 0 Å². The van der Waals surface area contributed by atoms with Gasteiger partial charge in [0.2, 0.25) is 5.91 Å². The lowest BCUT2D eigenvalue weighted by Gasteiger charge is -2.12. The summed E-state index contributed by atoms with van der Waals surface area (Å²) in [6, 6.07) is 3.75. The lowest BCUT2D eigenvalue weighted by molar-refractivity contribution is -0.117. The number of carbonyl (C=O) groups is 1. The standard InChI is InChI=1S/C12H12N4O.ClH/c17-12-9-7-11(16-10(9)3-6-14-12)15-8-1-4-13-5-2-8;/h1-2,4-5H,3,6-7H2,(H,14,17)(H,13,15,16);1H. The predicted molar refractivity (Wildman–Crippen MR) is 71.8 cm³/mol. The van der Waals surface area contributed by atoms with Crippen molar-refractivity contribution in [1.82, 2.24) is 10.3 Å². The number of anilines is 1. The van der Waals surface area contributed by atoms with Gasteiger partial charge >= 0.3 is 0 Å². The number of nitrogens with zero attached hydrogens (tertiary/aromatic N) is 2. The molecule has 1 aromatic heterocycles. The summed E-state index contributed by atoms with van der Waals surface area (Å²) in [6.07, 6.45) is 4.85. The molecule has 0 saturated carbocycles. The second-order valence-electron chi connectivity index (χ2n) is 4.03. The van der Waals surface area contributed by atoms with E-state index >= 15 is 0 Å². The number of nitrogens with one attached hydrogen (secondary N) is 2. The van der Waals surface area contributed by atoms with E-state index < -0.39 is 0 Å². The Morgan fingerprint density at radius 3 is 2.78 bits per heavy atom. The first-order valence-corrected chi connectivity index (χ1v) is 5.58. The Labute approximate surface area is 111 Å². The van der Waals surface area contributed by atoms with E-state index in [-0.39, 0.29) is 18.3 Å². The summed E-state index contributed by atoms with van der Waals surface area (Å²) in [7, 11) is 0. The Hall–Kier alpha value is -1.88. The molecule has 1 aromatic rings. The van der Waals surface area contributed by atoms with E-state index in [2.05, 4.69) is 20.6 Å². The average molecular weight is 265 g/mol. The minimum atomic E-state index is 0. The van der Waals surface area contributed by atoms with Crippen molar-refractivity contribution in [1.29, 1.82) is 0 Å². The molecule has 5 nitrogen and oxygen atoms in total. The number of aromatic nitrogens is 1. The van der Waals surface area contributed by atoms with Crippen molar-refractivity contribution in [2.24, 2.45) is 4.99 Å². The van der Waals surface area contributed by atoms with Gasteiger partial charge in [-0.25, -0.2) is 4.99 Å². The summed E-state index contributed by atoms with van der Waals surface area (Å²) in [5, 5.41) is 6.04. The van der Waals surface area contributed by atoms with E-state index in [0.29, 0.717) is 13.0 Å². The highest BCUT2D eigenvalue weighted by molar-refractivity contribution is 6.08. The number of halogens is 1. The molecule has 0 atom stereocenters. The summed E-state index contributed by atoms with van der Waals surface area (Å²) < 4.78 is 0. The van der Waals surface area contributed by atoms with E-state index in [0.717, 1.165) is 29.2 Å². The minimum absolute atomic E-state index is 0. The minimum Gasteiger partial charge on any atom is -0.352 e. The van der Waals surface area contributed by atoms with Crippen LogP contribution in [0.2, 0.25) is 0 Å². The molecule has 3 rings (SSSR count). The smallest absolute Gasteiger partial charge is 0.249 e. The van der Waals surface area contributed by atoms with Crippen LogP contribution in [-0.4, -0.2) is 23.3 Å². The molecule has 2 N–H and O–H groups in total. The van der Waals surface area contributed by atoms with Gasteiger partial charge in [-0.05, 0) is 12.1 Å². The van der Waals surface area contributed by atoms with E-state index in [1.807, 2.05) is 12.1 Å². The molecule has 2 aliphatic heterocycles. The van der Waals surface area contributed by atoms with Crippen molar-refractivity contribution in [2.45, 2.75) is 12.8 Å². The van der Waals surface area contributed by atoms with Crippen LogP contribution in [0.25, 0.3) is 0 Å². The summed E-state index contributed by atoms with van der Waals surface area (Å²) in [6.45, 7) is 0.684. The van der Waals surface area contributed by atoms with Crippen molar-refractivity contribution < 1.29 is 4.79 Å². The molecule has 0 aromatic carbocycles. The highest BCUT2D eigenvalue weighted by atomic mass is 35.5. The monoisotopic (exact) mass is 264 g/mol. The number of amidine groups is 1. The van der Waals surface area contributed by atoms with E-state index in [4.69, 9.17) is 0 Å². The first-order valence-electron chi connectivity index (χ1n) is 5.58. The first kappa shape index (κ1) is 12.6. The zero-order valence-corrected chi connectivity index (χ0v) is 10.5. The van der Waals surface area contributed by atoms with Crippen LogP contribution in [0.1, 0.15) is 12.8 Å².